The lowest BCUT2D eigenvalue weighted by Crippen LogP contribution is -2.47. The number of thiophene rings is 1. The van der Waals surface area contributed by atoms with Gasteiger partial charge in [0.25, 0.3) is 5.91 Å². The van der Waals surface area contributed by atoms with Gasteiger partial charge in [-0.2, -0.15) is 0 Å². The van der Waals surface area contributed by atoms with Gasteiger partial charge < -0.3 is 10.6 Å². The predicted octanol–water partition coefficient (Wildman–Crippen LogP) is 2.42. The first-order valence-electron chi connectivity index (χ1n) is 7.19. The van der Waals surface area contributed by atoms with E-state index in [1.807, 2.05) is 11.4 Å². The molecule has 1 saturated carbocycles. The minimum Gasteiger partial charge on any atom is -0.352 e. The van der Waals surface area contributed by atoms with Crippen molar-refractivity contribution in [1.82, 2.24) is 10.6 Å². The Kier molecular flexibility index (Phi) is 5.17. The highest BCUT2D eigenvalue weighted by Gasteiger charge is 2.28. The second-order valence-corrected chi connectivity index (χ2v) is 6.55. The summed E-state index contributed by atoms with van der Waals surface area (Å²) in [7, 11) is 0. The summed E-state index contributed by atoms with van der Waals surface area (Å²) in [5.41, 5.74) is 0. The quantitative estimate of drug-likeness (QED) is 0.896. The summed E-state index contributed by atoms with van der Waals surface area (Å²) in [5, 5.41) is 7.56. The van der Waals surface area contributed by atoms with Gasteiger partial charge in [0.15, 0.2) is 0 Å². The molecule has 1 aromatic rings. The Morgan fingerprint density at radius 2 is 2.15 bits per heavy atom. The highest BCUT2D eigenvalue weighted by Crippen LogP contribution is 2.29. The molecule has 1 aromatic heterocycles. The fourth-order valence-corrected chi connectivity index (χ4v) is 3.34. The van der Waals surface area contributed by atoms with E-state index in [2.05, 4.69) is 24.5 Å². The summed E-state index contributed by atoms with van der Waals surface area (Å²) < 4.78 is 0. The number of hydrogen-bond acceptors (Lipinski definition) is 3. The zero-order valence-electron chi connectivity index (χ0n) is 12.0. The van der Waals surface area contributed by atoms with Crippen LogP contribution in [0.4, 0.5) is 0 Å². The van der Waals surface area contributed by atoms with Crippen LogP contribution in [0.15, 0.2) is 17.5 Å². The molecule has 20 heavy (non-hydrogen) atoms. The highest BCUT2D eigenvalue weighted by atomic mass is 32.1. The molecule has 0 radical (unpaired) electrons. The van der Waals surface area contributed by atoms with E-state index in [0.717, 1.165) is 12.8 Å². The van der Waals surface area contributed by atoms with Gasteiger partial charge in [0.1, 0.15) is 0 Å². The monoisotopic (exact) mass is 294 g/mol. The first-order valence-corrected chi connectivity index (χ1v) is 8.07. The lowest BCUT2D eigenvalue weighted by atomic mass is 9.78. The van der Waals surface area contributed by atoms with Gasteiger partial charge in [-0.05, 0) is 29.7 Å². The summed E-state index contributed by atoms with van der Waals surface area (Å²) in [5.74, 6) is 0.872. The molecule has 2 amide bonds. The van der Waals surface area contributed by atoms with Crippen molar-refractivity contribution in [3.8, 4) is 0 Å². The Bertz CT molecular complexity index is 458. The second kappa shape index (κ2) is 6.88. The summed E-state index contributed by atoms with van der Waals surface area (Å²) in [6.07, 6.45) is 3.44. The Balaban J connectivity index is 1.76. The van der Waals surface area contributed by atoms with E-state index in [0.29, 0.717) is 16.7 Å². The Morgan fingerprint density at radius 3 is 2.85 bits per heavy atom. The summed E-state index contributed by atoms with van der Waals surface area (Å²) in [6, 6.07) is 3.82. The van der Waals surface area contributed by atoms with Gasteiger partial charge in [-0.1, -0.05) is 32.8 Å². The Labute approximate surface area is 124 Å². The Hall–Kier alpha value is -1.36. The number of rotatable bonds is 4. The average Bonchev–Trinajstić information content (AvgIpc) is 2.95. The third-order valence-electron chi connectivity index (χ3n) is 4.21. The van der Waals surface area contributed by atoms with Crippen LogP contribution in [0.2, 0.25) is 0 Å². The molecule has 1 heterocycles. The molecule has 0 saturated heterocycles. The van der Waals surface area contributed by atoms with Crippen LogP contribution in [-0.2, 0) is 4.79 Å². The molecule has 5 heteroatoms. The molecular weight excluding hydrogens is 272 g/mol. The van der Waals surface area contributed by atoms with Crippen molar-refractivity contribution >= 4 is 23.2 Å². The number of nitrogens with one attached hydrogen (secondary N) is 2. The van der Waals surface area contributed by atoms with Crippen LogP contribution in [0.25, 0.3) is 0 Å². The van der Waals surface area contributed by atoms with Crippen LogP contribution in [-0.4, -0.2) is 24.4 Å². The molecule has 0 bridgehead atoms. The van der Waals surface area contributed by atoms with Gasteiger partial charge in [0.05, 0.1) is 11.4 Å². The highest BCUT2D eigenvalue weighted by molar-refractivity contribution is 7.12. The van der Waals surface area contributed by atoms with E-state index in [4.69, 9.17) is 0 Å². The van der Waals surface area contributed by atoms with Crippen molar-refractivity contribution in [1.29, 1.82) is 0 Å². The van der Waals surface area contributed by atoms with Gasteiger partial charge in [0, 0.05) is 6.04 Å². The van der Waals surface area contributed by atoms with Gasteiger partial charge >= 0.3 is 0 Å². The minimum atomic E-state index is -0.180. The number of carbonyl (C=O) groups is 2. The van der Waals surface area contributed by atoms with E-state index in [9.17, 15) is 9.59 Å². The fourth-order valence-electron chi connectivity index (χ4n) is 2.70. The molecule has 0 aliphatic heterocycles. The lowest BCUT2D eigenvalue weighted by molar-refractivity contribution is -0.121. The zero-order valence-corrected chi connectivity index (χ0v) is 12.8. The molecule has 0 unspecified atom stereocenters. The average molecular weight is 294 g/mol. The third kappa shape index (κ3) is 3.82. The maximum absolute atomic E-state index is 11.9. The molecule has 2 rings (SSSR count). The van der Waals surface area contributed by atoms with Crippen LogP contribution in [0.5, 0.6) is 0 Å². The zero-order chi connectivity index (χ0) is 14.5. The molecule has 0 spiro atoms. The largest absolute Gasteiger partial charge is 0.352 e. The third-order valence-corrected chi connectivity index (χ3v) is 5.08. The van der Waals surface area contributed by atoms with Crippen molar-refractivity contribution in [2.45, 2.75) is 39.2 Å². The van der Waals surface area contributed by atoms with Gasteiger partial charge in [-0.25, -0.2) is 0 Å². The van der Waals surface area contributed by atoms with E-state index >= 15 is 0 Å². The normalized spacial score (nSPS) is 26.0. The van der Waals surface area contributed by atoms with Crippen molar-refractivity contribution in [2.24, 2.45) is 11.8 Å². The van der Waals surface area contributed by atoms with Crippen LogP contribution < -0.4 is 10.6 Å². The standard InChI is InChI=1S/C15H22N2O2S/c1-10-5-3-6-12(11(10)2)17-14(18)9-16-15(19)13-7-4-8-20-13/h4,7-8,10-12H,3,5-6,9H2,1-2H3,(H,16,19)(H,17,18)/t10-,11+,12+/m1/s1. The summed E-state index contributed by atoms with van der Waals surface area (Å²) >= 11 is 1.38. The van der Waals surface area contributed by atoms with Gasteiger partial charge in [0.2, 0.25) is 5.91 Å². The molecule has 2 N–H and O–H groups in total. The lowest BCUT2D eigenvalue weighted by Gasteiger charge is -2.34. The molecule has 110 valence electrons. The smallest absolute Gasteiger partial charge is 0.261 e. The number of carbonyl (C=O) groups excluding carboxylic acids is 2. The number of amides is 2. The molecule has 0 aromatic carbocycles. The Morgan fingerprint density at radius 1 is 1.35 bits per heavy atom. The maximum Gasteiger partial charge on any atom is 0.261 e. The van der Waals surface area contributed by atoms with Crippen LogP contribution in [0, 0.1) is 11.8 Å². The first-order chi connectivity index (χ1) is 9.58. The van der Waals surface area contributed by atoms with E-state index in [1.54, 1.807) is 6.07 Å². The molecule has 3 atom stereocenters. The van der Waals surface area contributed by atoms with Crippen molar-refractivity contribution in [3.63, 3.8) is 0 Å². The van der Waals surface area contributed by atoms with E-state index < -0.39 is 0 Å². The van der Waals surface area contributed by atoms with E-state index in [1.165, 1.54) is 17.8 Å². The fraction of sp³-hybridized carbons (Fsp3) is 0.600. The molecule has 4 nitrogen and oxygen atoms in total. The molecule has 1 aliphatic rings. The number of hydrogen-bond donors (Lipinski definition) is 2. The van der Waals surface area contributed by atoms with Crippen molar-refractivity contribution < 1.29 is 9.59 Å². The topological polar surface area (TPSA) is 58.2 Å². The van der Waals surface area contributed by atoms with Crippen LogP contribution in [0.1, 0.15) is 42.8 Å². The summed E-state index contributed by atoms with van der Waals surface area (Å²) in [4.78, 5) is 24.3. The predicted molar refractivity (Wildman–Crippen MR) is 80.8 cm³/mol. The van der Waals surface area contributed by atoms with E-state index in [-0.39, 0.29) is 24.4 Å². The van der Waals surface area contributed by atoms with Crippen LogP contribution in [0.3, 0.4) is 0 Å². The minimum absolute atomic E-state index is 0.0499. The van der Waals surface area contributed by atoms with Crippen molar-refractivity contribution in [3.05, 3.63) is 22.4 Å². The maximum atomic E-state index is 11.9. The SMILES string of the molecule is C[C@H]1[C@H](C)CCC[C@@H]1NC(=O)CNC(=O)c1cccs1. The molecular formula is C15H22N2O2S. The second-order valence-electron chi connectivity index (χ2n) is 5.60. The first kappa shape index (κ1) is 15.0. The van der Waals surface area contributed by atoms with Gasteiger partial charge in [-0.3, -0.25) is 9.59 Å². The van der Waals surface area contributed by atoms with Gasteiger partial charge in [-0.15, -0.1) is 11.3 Å². The van der Waals surface area contributed by atoms with Crippen molar-refractivity contribution in [2.75, 3.05) is 6.54 Å². The van der Waals surface area contributed by atoms with Crippen LogP contribution >= 0.6 is 11.3 Å². The molecule has 1 aliphatic carbocycles. The molecule has 1 fully saturated rings. The summed E-state index contributed by atoms with van der Waals surface area (Å²) in [6.45, 7) is 4.48.